The van der Waals surface area contributed by atoms with Gasteiger partial charge in [-0.05, 0) is 54.4 Å². The van der Waals surface area contributed by atoms with E-state index in [-0.39, 0.29) is 29.5 Å². The van der Waals surface area contributed by atoms with Crippen LogP contribution in [0.1, 0.15) is 16.7 Å². The van der Waals surface area contributed by atoms with Crippen molar-refractivity contribution in [3.8, 4) is 28.6 Å². The van der Waals surface area contributed by atoms with Crippen molar-refractivity contribution in [1.82, 2.24) is 14.5 Å². The molecule has 0 fully saturated rings. The molecule has 10 heteroatoms. The van der Waals surface area contributed by atoms with E-state index in [1.54, 1.807) is 37.6 Å². The van der Waals surface area contributed by atoms with Crippen molar-refractivity contribution in [2.75, 3.05) is 0 Å². The van der Waals surface area contributed by atoms with Crippen LogP contribution in [0.15, 0.2) is 71.8 Å². The summed E-state index contributed by atoms with van der Waals surface area (Å²) in [5, 5.41) is 0. The van der Waals surface area contributed by atoms with Crippen LogP contribution in [0.2, 0.25) is 0 Å². The second-order valence-corrected chi connectivity index (χ2v) is 7.69. The lowest BCUT2D eigenvalue weighted by Crippen LogP contribution is -2.22. The highest BCUT2D eigenvalue weighted by Crippen LogP contribution is 2.35. The Kier molecular flexibility index (Phi) is 6.54. The van der Waals surface area contributed by atoms with Gasteiger partial charge in [-0.15, -0.1) is 0 Å². The second-order valence-electron chi connectivity index (χ2n) is 7.69. The van der Waals surface area contributed by atoms with Gasteiger partial charge in [0, 0.05) is 31.1 Å². The molecule has 2 aromatic carbocycles. The molecule has 0 aliphatic heterocycles. The first-order chi connectivity index (χ1) is 16.6. The van der Waals surface area contributed by atoms with E-state index in [2.05, 4.69) is 9.97 Å². The molecular weight excluding hydrogens is 466 g/mol. The molecule has 35 heavy (non-hydrogen) atoms. The summed E-state index contributed by atoms with van der Waals surface area (Å²) in [5.74, 6) is -1.11. The van der Waals surface area contributed by atoms with Crippen molar-refractivity contribution in [2.24, 2.45) is 7.05 Å². The van der Waals surface area contributed by atoms with E-state index in [1.807, 2.05) is 0 Å². The number of alkyl halides is 3. The summed E-state index contributed by atoms with van der Waals surface area (Å²) in [6.07, 6.45) is -1.37. The molecule has 0 atom stereocenters. The normalized spacial score (nSPS) is 11.4. The molecule has 4 rings (SSSR count). The van der Waals surface area contributed by atoms with E-state index in [9.17, 15) is 22.4 Å². The summed E-state index contributed by atoms with van der Waals surface area (Å²) in [5.41, 5.74) is 0.364. The predicted molar refractivity (Wildman–Crippen MR) is 120 cm³/mol. The molecule has 0 radical (unpaired) electrons. The highest BCUT2D eigenvalue weighted by Gasteiger charge is 2.32. The number of pyridine rings is 1. The van der Waals surface area contributed by atoms with Crippen molar-refractivity contribution in [1.29, 1.82) is 0 Å². The number of halogens is 4. The Morgan fingerprint density at radius 1 is 1.00 bits per heavy atom. The molecule has 6 nitrogen and oxygen atoms in total. The van der Waals surface area contributed by atoms with Crippen LogP contribution in [-0.4, -0.2) is 14.5 Å². The highest BCUT2D eigenvalue weighted by molar-refractivity contribution is 5.59. The van der Waals surface area contributed by atoms with Crippen LogP contribution in [0.5, 0.6) is 17.4 Å². The van der Waals surface area contributed by atoms with Gasteiger partial charge in [0.2, 0.25) is 5.88 Å². The third-order valence-electron chi connectivity index (χ3n) is 5.22. The lowest BCUT2D eigenvalue weighted by Gasteiger charge is -2.14. The topological polar surface area (TPSA) is 66.2 Å². The molecule has 0 amide bonds. The smallest absolute Gasteiger partial charge is 0.416 e. The molecule has 0 aliphatic rings. The van der Waals surface area contributed by atoms with E-state index < -0.39 is 23.2 Å². The summed E-state index contributed by atoms with van der Waals surface area (Å²) in [6, 6.07) is 12.4. The summed E-state index contributed by atoms with van der Waals surface area (Å²) in [4.78, 5) is 20.0. The molecule has 0 saturated carbocycles. The fourth-order valence-electron chi connectivity index (χ4n) is 3.36. The van der Waals surface area contributed by atoms with Crippen LogP contribution in [0, 0.1) is 12.7 Å². The average molecular weight is 485 g/mol. The van der Waals surface area contributed by atoms with Crippen LogP contribution in [0.4, 0.5) is 17.6 Å². The Labute approximate surface area is 197 Å². The van der Waals surface area contributed by atoms with Gasteiger partial charge in [-0.1, -0.05) is 12.1 Å². The van der Waals surface area contributed by atoms with Crippen LogP contribution < -0.4 is 15.2 Å². The molecule has 2 aromatic heterocycles. The first-order valence-electron chi connectivity index (χ1n) is 10.4. The number of hydrogen-bond acceptors (Lipinski definition) is 5. The maximum atomic E-state index is 14.6. The van der Waals surface area contributed by atoms with Crippen LogP contribution in [0.3, 0.4) is 0 Å². The van der Waals surface area contributed by atoms with E-state index in [4.69, 9.17) is 9.47 Å². The molecule has 0 unspecified atom stereocenters. The summed E-state index contributed by atoms with van der Waals surface area (Å²) < 4.78 is 66.3. The summed E-state index contributed by atoms with van der Waals surface area (Å²) in [7, 11) is 1.58. The Balaban J connectivity index is 1.50. The quantitative estimate of drug-likeness (QED) is 0.329. The minimum absolute atomic E-state index is 0.0364. The number of benzene rings is 2. The van der Waals surface area contributed by atoms with Gasteiger partial charge in [0.15, 0.2) is 11.6 Å². The van der Waals surface area contributed by atoms with Crippen molar-refractivity contribution in [2.45, 2.75) is 19.7 Å². The van der Waals surface area contributed by atoms with Gasteiger partial charge < -0.3 is 9.47 Å². The molecule has 0 aliphatic carbocycles. The van der Waals surface area contributed by atoms with Gasteiger partial charge in [-0.2, -0.15) is 18.2 Å². The largest absolute Gasteiger partial charge is 0.473 e. The number of rotatable bonds is 6. The van der Waals surface area contributed by atoms with Crippen LogP contribution >= 0.6 is 0 Å². The van der Waals surface area contributed by atoms with Gasteiger partial charge in [0.1, 0.15) is 12.4 Å². The zero-order chi connectivity index (χ0) is 25.2. The number of hydrogen-bond donors (Lipinski definition) is 0. The minimum Gasteiger partial charge on any atom is -0.473 e. The third-order valence-corrected chi connectivity index (χ3v) is 5.22. The van der Waals surface area contributed by atoms with Gasteiger partial charge in [-0.25, -0.2) is 9.18 Å². The zero-order valence-corrected chi connectivity index (χ0v) is 18.6. The van der Waals surface area contributed by atoms with Crippen LogP contribution in [0.25, 0.3) is 11.3 Å². The lowest BCUT2D eigenvalue weighted by molar-refractivity contribution is -0.138. The van der Waals surface area contributed by atoms with Crippen molar-refractivity contribution >= 4 is 0 Å². The van der Waals surface area contributed by atoms with Crippen molar-refractivity contribution < 1.29 is 27.0 Å². The second kappa shape index (κ2) is 9.57. The van der Waals surface area contributed by atoms with Crippen LogP contribution in [-0.2, 0) is 19.8 Å². The molecular formula is C25H19F4N3O3. The third kappa shape index (κ3) is 5.48. The monoisotopic (exact) mass is 485 g/mol. The molecule has 0 saturated heterocycles. The first kappa shape index (κ1) is 23.9. The highest BCUT2D eigenvalue weighted by atomic mass is 19.4. The molecule has 180 valence electrons. The molecule has 4 aromatic rings. The first-order valence-corrected chi connectivity index (χ1v) is 10.4. The van der Waals surface area contributed by atoms with E-state index in [1.165, 1.54) is 35.8 Å². The molecule has 0 N–H and O–H groups in total. The number of ether oxygens (including phenoxy) is 2. The van der Waals surface area contributed by atoms with Crippen molar-refractivity contribution in [3.05, 3.63) is 100.0 Å². The maximum absolute atomic E-state index is 14.6. The Bertz CT molecular complexity index is 1420. The number of aromatic nitrogens is 3. The zero-order valence-electron chi connectivity index (χ0n) is 18.6. The SMILES string of the molecule is Cc1ccc(Oc2ccc(COc3cc(-c4ccncc4)n(C)c(=O)n3)cc2F)cc1C(F)(F)F. The Morgan fingerprint density at radius 2 is 1.74 bits per heavy atom. The average Bonchev–Trinajstić information content (AvgIpc) is 2.82. The fraction of sp³-hybridized carbons (Fsp3) is 0.160. The van der Waals surface area contributed by atoms with E-state index in [0.29, 0.717) is 11.3 Å². The standard InChI is InChI=1S/C25H19F4N3O3/c1-15-3-5-18(12-19(15)25(27,28)29)35-22-6-4-16(11-20(22)26)14-34-23-13-21(32(2)24(33)31-23)17-7-9-30-10-8-17/h3-13H,14H2,1-2H3. The Hall–Kier alpha value is -4.21. The molecule has 0 bridgehead atoms. The minimum atomic E-state index is -4.55. The summed E-state index contributed by atoms with van der Waals surface area (Å²) in [6.45, 7) is 1.23. The van der Waals surface area contributed by atoms with E-state index in [0.717, 1.165) is 17.7 Å². The van der Waals surface area contributed by atoms with Gasteiger partial charge in [0.05, 0.1) is 11.3 Å². The van der Waals surface area contributed by atoms with Gasteiger partial charge in [0.25, 0.3) is 0 Å². The predicted octanol–water partition coefficient (Wildman–Crippen LogP) is 5.68. The number of nitrogens with zero attached hydrogens (tertiary/aromatic N) is 3. The van der Waals surface area contributed by atoms with Gasteiger partial charge in [-0.3, -0.25) is 9.55 Å². The number of aryl methyl sites for hydroxylation is 1. The summed E-state index contributed by atoms with van der Waals surface area (Å²) >= 11 is 0. The maximum Gasteiger partial charge on any atom is 0.416 e. The van der Waals surface area contributed by atoms with Crippen molar-refractivity contribution in [3.63, 3.8) is 0 Å². The van der Waals surface area contributed by atoms with E-state index >= 15 is 0 Å². The fourth-order valence-corrected chi connectivity index (χ4v) is 3.36. The lowest BCUT2D eigenvalue weighted by atomic mass is 10.1. The Morgan fingerprint density at radius 3 is 2.43 bits per heavy atom. The van der Waals surface area contributed by atoms with Gasteiger partial charge >= 0.3 is 11.9 Å². The molecule has 2 heterocycles. The molecule has 0 spiro atoms.